The molecule has 0 amide bonds. The number of esters is 1. The van der Waals surface area contributed by atoms with Gasteiger partial charge in [0.25, 0.3) is 0 Å². The number of aryl methyl sites for hydroxylation is 1. The zero-order valence-corrected chi connectivity index (χ0v) is 8.66. The zero-order valence-electron chi connectivity index (χ0n) is 8.66. The molecule has 1 aliphatic rings. The Bertz CT molecular complexity index is 422. The van der Waals surface area contributed by atoms with Gasteiger partial charge in [-0.2, -0.15) is 5.10 Å². The fourth-order valence-electron chi connectivity index (χ4n) is 1.80. The van der Waals surface area contributed by atoms with Crippen LogP contribution in [0.15, 0.2) is 0 Å². The van der Waals surface area contributed by atoms with E-state index in [1.165, 1.54) is 0 Å². The van der Waals surface area contributed by atoms with E-state index < -0.39 is 11.9 Å². The second-order valence-electron chi connectivity index (χ2n) is 3.55. The van der Waals surface area contributed by atoms with Crippen molar-refractivity contribution in [3.8, 4) is 0 Å². The number of H-pyrrole nitrogens is 1. The lowest BCUT2D eigenvalue weighted by Gasteiger charge is -2.06. The minimum Gasteiger partial charge on any atom is -0.465 e. The molecule has 0 fully saturated rings. The lowest BCUT2D eigenvalue weighted by Crippen LogP contribution is -2.23. The third-order valence-electron chi connectivity index (χ3n) is 2.60. The molecule has 0 saturated heterocycles. The van der Waals surface area contributed by atoms with Crippen LogP contribution in [0.2, 0.25) is 0 Å². The van der Waals surface area contributed by atoms with Crippen molar-refractivity contribution in [1.29, 1.82) is 0 Å². The van der Waals surface area contributed by atoms with Gasteiger partial charge in [-0.05, 0) is 20.3 Å². The molecular weight excluding hydrogens is 196 g/mol. The van der Waals surface area contributed by atoms with Crippen molar-refractivity contribution in [3.63, 3.8) is 0 Å². The van der Waals surface area contributed by atoms with Crippen LogP contribution >= 0.6 is 0 Å². The van der Waals surface area contributed by atoms with Crippen molar-refractivity contribution >= 4 is 11.8 Å². The highest BCUT2D eigenvalue weighted by molar-refractivity contribution is 6.11. The Hall–Kier alpha value is -1.65. The van der Waals surface area contributed by atoms with Crippen LogP contribution in [0.1, 0.15) is 28.7 Å². The molecule has 1 heterocycles. The molecule has 1 atom stereocenters. The maximum absolute atomic E-state index is 11.7. The first-order chi connectivity index (χ1) is 7.15. The van der Waals surface area contributed by atoms with Gasteiger partial charge in [0.15, 0.2) is 5.78 Å². The summed E-state index contributed by atoms with van der Waals surface area (Å²) < 4.78 is 4.84. The van der Waals surface area contributed by atoms with Gasteiger partial charge in [0, 0.05) is 11.3 Å². The monoisotopic (exact) mass is 208 g/mol. The number of rotatable bonds is 2. The lowest BCUT2D eigenvalue weighted by molar-refractivity contribution is -0.145. The predicted molar refractivity (Wildman–Crippen MR) is 51.5 cm³/mol. The number of hydrogen-bond acceptors (Lipinski definition) is 4. The molecule has 1 unspecified atom stereocenters. The third kappa shape index (κ3) is 1.44. The van der Waals surface area contributed by atoms with Gasteiger partial charge < -0.3 is 4.74 Å². The highest BCUT2D eigenvalue weighted by atomic mass is 16.5. The topological polar surface area (TPSA) is 72.0 Å². The van der Waals surface area contributed by atoms with E-state index in [9.17, 15) is 9.59 Å². The summed E-state index contributed by atoms with van der Waals surface area (Å²) in [4.78, 5) is 23.2. The maximum Gasteiger partial charge on any atom is 0.317 e. The zero-order chi connectivity index (χ0) is 11.0. The number of nitrogens with one attached hydrogen (secondary N) is 1. The summed E-state index contributed by atoms with van der Waals surface area (Å²) in [5.41, 5.74) is 2.09. The molecule has 5 nitrogen and oxygen atoms in total. The highest BCUT2D eigenvalue weighted by Gasteiger charge is 2.39. The van der Waals surface area contributed by atoms with E-state index in [1.54, 1.807) is 6.92 Å². The molecule has 2 rings (SSSR count). The van der Waals surface area contributed by atoms with Gasteiger partial charge in [0.1, 0.15) is 11.6 Å². The Morgan fingerprint density at radius 1 is 1.67 bits per heavy atom. The number of Topliss-reactive ketones (excluding diaryl/α,β-unsaturated/α-hetero) is 1. The van der Waals surface area contributed by atoms with E-state index in [2.05, 4.69) is 10.2 Å². The molecule has 1 aromatic rings. The molecular formula is C10H12N2O3. The Labute approximate surface area is 86.8 Å². The first kappa shape index (κ1) is 9.89. The smallest absolute Gasteiger partial charge is 0.317 e. The van der Waals surface area contributed by atoms with Crippen molar-refractivity contribution in [2.75, 3.05) is 6.61 Å². The van der Waals surface area contributed by atoms with E-state index in [0.29, 0.717) is 18.7 Å². The standard InChI is InChI=1S/C10H12N2O3/c1-3-15-10(14)7-4-6-5(2)11-12-8(6)9(7)13/h7H,3-4H2,1-2H3,(H,11,12). The minimum atomic E-state index is -0.684. The fraction of sp³-hybridized carbons (Fsp3) is 0.500. The normalized spacial score (nSPS) is 19.1. The summed E-state index contributed by atoms with van der Waals surface area (Å²) >= 11 is 0. The number of ketones is 1. The minimum absolute atomic E-state index is 0.229. The Morgan fingerprint density at radius 2 is 2.40 bits per heavy atom. The van der Waals surface area contributed by atoms with E-state index in [4.69, 9.17) is 4.74 Å². The van der Waals surface area contributed by atoms with Crippen molar-refractivity contribution < 1.29 is 14.3 Å². The van der Waals surface area contributed by atoms with Gasteiger partial charge in [-0.25, -0.2) is 0 Å². The van der Waals surface area contributed by atoms with E-state index in [-0.39, 0.29) is 5.78 Å². The van der Waals surface area contributed by atoms with Gasteiger partial charge in [-0.1, -0.05) is 0 Å². The first-order valence-corrected chi connectivity index (χ1v) is 4.89. The third-order valence-corrected chi connectivity index (χ3v) is 2.60. The summed E-state index contributed by atoms with van der Waals surface area (Å²) in [6.45, 7) is 3.86. The Balaban J connectivity index is 2.23. The summed E-state index contributed by atoms with van der Waals surface area (Å²) in [6.07, 6.45) is 0.412. The molecule has 0 radical (unpaired) electrons. The average Bonchev–Trinajstić information content (AvgIpc) is 2.70. The molecule has 0 aliphatic heterocycles. The molecule has 0 spiro atoms. The SMILES string of the molecule is CCOC(=O)C1Cc2c(n[nH]c2C)C1=O. The van der Waals surface area contributed by atoms with Crippen LogP contribution in [-0.4, -0.2) is 28.6 Å². The second-order valence-corrected chi connectivity index (χ2v) is 3.55. The van der Waals surface area contributed by atoms with Crippen molar-refractivity contribution in [1.82, 2.24) is 10.2 Å². The van der Waals surface area contributed by atoms with Crippen LogP contribution in [-0.2, 0) is 16.0 Å². The maximum atomic E-state index is 11.7. The van der Waals surface area contributed by atoms with Crippen LogP contribution in [0.4, 0.5) is 0 Å². The molecule has 0 saturated carbocycles. The number of nitrogens with zero attached hydrogens (tertiary/aromatic N) is 1. The van der Waals surface area contributed by atoms with Crippen LogP contribution in [0.5, 0.6) is 0 Å². The summed E-state index contributed by atoms with van der Waals surface area (Å²) in [5.74, 6) is -1.36. The molecule has 1 N–H and O–H groups in total. The van der Waals surface area contributed by atoms with Gasteiger partial charge >= 0.3 is 5.97 Å². The molecule has 1 aromatic heterocycles. The number of aromatic nitrogens is 2. The van der Waals surface area contributed by atoms with Crippen molar-refractivity contribution in [2.45, 2.75) is 20.3 Å². The summed E-state index contributed by atoms with van der Waals surface area (Å²) in [6, 6.07) is 0. The summed E-state index contributed by atoms with van der Waals surface area (Å²) in [5, 5.41) is 6.63. The van der Waals surface area contributed by atoms with Crippen LogP contribution in [0.25, 0.3) is 0 Å². The molecule has 15 heavy (non-hydrogen) atoms. The molecule has 80 valence electrons. The number of carbonyl (C=O) groups is 2. The highest BCUT2D eigenvalue weighted by Crippen LogP contribution is 2.27. The number of carbonyl (C=O) groups excluding carboxylic acids is 2. The summed E-state index contributed by atoms with van der Waals surface area (Å²) in [7, 11) is 0. The van der Waals surface area contributed by atoms with Crippen molar-refractivity contribution in [2.24, 2.45) is 5.92 Å². The second kappa shape index (κ2) is 3.49. The molecule has 5 heteroatoms. The largest absolute Gasteiger partial charge is 0.465 e. The number of fused-ring (bicyclic) bond motifs is 1. The van der Waals surface area contributed by atoms with Crippen molar-refractivity contribution in [3.05, 3.63) is 17.0 Å². The van der Waals surface area contributed by atoms with Gasteiger partial charge in [0.2, 0.25) is 0 Å². The average molecular weight is 208 g/mol. The number of hydrogen-bond donors (Lipinski definition) is 1. The van der Waals surface area contributed by atoms with E-state index in [1.807, 2.05) is 6.92 Å². The molecule has 1 aliphatic carbocycles. The van der Waals surface area contributed by atoms with Gasteiger partial charge in [-0.15, -0.1) is 0 Å². The molecule has 0 aromatic carbocycles. The van der Waals surface area contributed by atoms with Crippen LogP contribution < -0.4 is 0 Å². The fourth-order valence-corrected chi connectivity index (χ4v) is 1.80. The van der Waals surface area contributed by atoms with E-state index >= 15 is 0 Å². The van der Waals surface area contributed by atoms with Gasteiger partial charge in [-0.3, -0.25) is 14.7 Å². The van der Waals surface area contributed by atoms with Crippen LogP contribution in [0, 0.1) is 12.8 Å². The quantitative estimate of drug-likeness (QED) is 0.571. The Morgan fingerprint density at radius 3 is 3.00 bits per heavy atom. The van der Waals surface area contributed by atoms with Gasteiger partial charge in [0.05, 0.1) is 6.61 Å². The first-order valence-electron chi connectivity index (χ1n) is 4.89. The number of ether oxygens (including phenoxy) is 1. The Kier molecular flexibility index (Phi) is 2.30. The van der Waals surface area contributed by atoms with E-state index in [0.717, 1.165) is 11.3 Å². The van der Waals surface area contributed by atoms with Crippen LogP contribution in [0.3, 0.4) is 0 Å². The number of aromatic amines is 1. The predicted octanol–water partition coefficient (Wildman–Crippen LogP) is 0.636. The lowest BCUT2D eigenvalue weighted by atomic mass is 10.1. The molecule has 0 bridgehead atoms.